The molecule has 1 aliphatic rings. The molecule has 4 rings (SSSR count). The second-order valence-corrected chi connectivity index (χ2v) is 10.0. The highest BCUT2D eigenvalue weighted by Crippen LogP contribution is 2.39. The zero-order chi connectivity index (χ0) is 24.8. The maximum Gasteiger partial charge on any atom is 0.310 e. The van der Waals surface area contributed by atoms with Gasteiger partial charge in [-0.2, -0.15) is 11.8 Å². The van der Waals surface area contributed by atoms with Gasteiger partial charge in [0.15, 0.2) is 5.78 Å². The van der Waals surface area contributed by atoms with Crippen LogP contribution < -0.4 is 5.32 Å². The van der Waals surface area contributed by atoms with Crippen molar-refractivity contribution < 1.29 is 23.9 Å². The van der Waals surface area contributed by atoms with Gasteiger partial charge in [-0.1, -0.05) is 48.5 Å². The highest BCUT2D eigenvalue weighted by atomic mass is 32.2. The summed E-state index contributed by atoms with van der Waals surface area (Å²) < 4.78 is 13.0. The van der Waals surface area contributed by atoms with E-state index < -0.39 is 11.4 Å². The molecule has 1 aliphatic heterocycles. The van der Waals surface area contributed by atoms with Crippen LogP contribution in [0.15, 0.2) is 72.8 Å². The second-order valence-electron chi connectivity index (χ2n) is 8.80. The van der Waals surface area contributed by atoms with Gasteiger partial charge in [0, 0.05) is 17.7 Å². The maximum atomic E-state index is 13.0. The number of hydrogen-bond acceptors (Lipinski definition) is 4. The van der Waals surface area contributed by atoms with E-state index in [-0.39, 0.29) is 30.3 Å². The zero-order valence-electron chi connectivity index (χ0n) is 19.1. The van der Waals surface area contributed by atoms with E-state index in [0.29, 0.717) is 24.1 Å². The Morgan fingerprint density at radius 2 is 1.43 bits per heavy atom. The first-order valence-corrected chi connectivity index (χ1v) is 12.6. The summed E-state index contributed by atoms with van der Waals surface area (Å²) in [5.41, 5.74) is 2.76. The molecule has 0 atom stereocenters. The number of aliphatic carboxylic acids is 1. The number of rotatable bonds is 8. The number of benzene rings is 3. The van der Waals surface area contributed by atoms with Gasteiger partial charge in [0.1, 0.15) is 5.82 Å². The van der Waals surface area contributed by atoms with Gasteiger partial charge in [0.25, 0.3) is 0 Å². The van der Waals surface area contributed by atoms with E-state index in [0.717, 1.165) is 28.2 Å². The van der Waals surface area contributed by atoms with Crippen molar-refractivity contribution in [1.29, 1.82) is 0 Å². The van der Waals surface area contributed by atoms with Crippen LogP contribution in [-0.4, -0.2) is 34.3 Å². The molecule has 1 heterocycles. The van der Waals surface area contributed by atoms with Gasteiger partial charge in [0.2, 0.25) is 5.91 Å². The smallest absolute Gasteiger partial charge is 0.310 e. The second kappa shape index (κ2) is 10.9. The van der Waals surface area contributed by atoms with Crippen molar-refractivity contribution in [2.45, 2.75) is 25.7 Å². The standard InChI is InChI=1S/C28H26FNO4S/c29-23-9-1-19(2-10-23)17-26(32)30-24-11-7-21(8-12-24)20-3-5-22(6-4-20)25(31)18-28(27(33)34)13-15-35-16-14-28/h1-12H,13-18H2,(H,30,32)(H,33,34). The Balaban J connectivity index is 1.37. The molecule has 1 fully saturated rings. The first kappa shape index (κ1) is 24.7. The van der Waals surface area contributed by atoms with Crippen LogP contribution in [0.1, 0.15) is 35.2 Å². The minimum Gasteiger partial charge on any atom is -0.481 e. The van der Waals surface area contributed by atoms with Crippen molar-refractivity contribution in [3.8, 4) is 11.1 Å². The van der Waals surface area contributed by atoms with Gasteiger partial charge in [0.05, 0.1) is 11.8 Å². The number of hydrogen-bond donors (Lipinski definition) is 2. The largest absolute Gasteiger partial charge is 0.481 e. The van der Waals surface area contributed by atoms with E-state index >= 15 is 0 Å². The molecule has 0 aliphatic carbocycles. The summed E-state index contributed by atoms with van der Waals surface area (Å²) >= 11 is 1.73. The number of thioether (sulfide) groups is 1. The van der Waals surface area contributed by atoms with Crippen LogP contribution in [0.2, 0.25) is 0 Å². The van der Waals surface area contributed by atoms with Crippen LogP contribution in [0.25, 0.3) is 11.1 Å². The number of Topliss-reactive ketones (excluding diaryl/α,β-unsaturated/α-hetero) is 1. The van der Waals surface area contributed by atoms with Gasteiger partial charge < -0.3 is 10.4 Å². The number of carboxylic acid groups (broad SMARTS) is 1. The number of carbonyl (C=O) groups is 3. The predicted molar refractivity (Wildman–Crippen MR) is 136 cm³/mol. The number of carboxylic acids is 1. The van der Waals surface area contributed by atoms with Crippen LogP contribution >= 0.6 is 11.8 Å². The Morgan fingerprint density at radius 3 is 2.00 bits per heavy atom. The number of amides is 1. The van der Waals surface area contributed by atoms with Crippen molar-refractivity contribution in [2.75, 3.05) is 16.8 Å². The first-order chi connectivity index (χ1) is 16.8. The summed E-state index contributed by atoms with van der Waals surface area (Å²) in [4.78, 5) is 37.0. The molecule has 0 radical (unpaired) electrons. The fourth-order valence-corrected chi connectivity index (χ4v) is 5.50. The summed E-state index contributed by atoms with van der Waals surface area (Å²) in [6.07, 6.45) is 1.21. The van der Waals surface area contributed by atoms with Gasteiger partial charge >= 0.3 is 5.97 Å². The molecule has 180 valence electrons. The summed E-state index contributed by atoms with van der Waals surface area (Å²) in [6, 6.07) is 20.4. The number of nitrogens with one attached hydrogen (secondary N) is 1. The first-order valence-electron chi connectivity index (χ1n) is 11.4. The monoisotopic (exact) mass is 491 g/mol. The third-order valence-electron chi connectivity index (χ3n) is 6.39. The van der Waals surface area contributed by atoms with Gasteiger partial charge in [-0.25, -0.2) is 4.39 Å². The van der Waals surface area contributed by atoms with E-state index in [1.165, 1.54) is 12.1 Å². The molecule has 5 nitrogen and oxygen atoms in total. The lowest BCUT2D eigenvalue weighted by molar-refractivity contribution is -0.149. The fourth-order valence-electron chi connectivity index (χ4n) is 4.23. The van der Waals surface area contributed by atoms with Crippen molar-refractivity contribution in [2.24, 2.45) is 5.41 Å². The Bertz CT molecular complexity index is 1200. The minimum absolute atomic E-state index is 0.0224. The molecular weight excluding hydrogens is 465 g/mol. The highest BCUT2D eigenvalue weighted by molar-refractivity contribution is 7.99. The molecule has 3 aromatic carbocycles. The lowest BCUT2D eigenvalue weighted by Gasteiger charge is -2.32. The Kier molecular flexibility index (Phi) is 7.66. The zero-order valence-corrected chi connectivity index (χ0v) is 19.9. The Labute approximate surface area is 207 Å². The Morgan fingerprint density at radius 1 is 0.857 bits per heavy atom. The summed E-state index contributed by atoms with van der Waals surface area (Å²) in [5.74, 6) is -0.0297. The van der Waals surface area contributed by atoms with E-state index in [2.05, 4.69) is 5.32 Å². The number of anilines is 1. The van der Waals surface area contributed by atoms with E-state index in [1.807, 2.05) is 24.3 Å². The van der Waals surface area contributed by atoms with E-state index in [1.54, 1.807) is 48.2 Å². The number of carbonyl (C=O) groups excluding carboxylic acids is 2. The summed E-state index contributed by atoms with van der Waals surface area (Å²) in [7, 11) is 0. The molecule has 0 bridgehead atoms. The SMILES string of the molecule is O=C(Cc1ccc(F)cc1)Nc1ccc(-c2ccc(C(=O)CC3(C(=O)O)CCSCC3)cc2)cc1. The van der Waals surface area contributed by atoms with Crippen molar-refractivity contribution >= 4 is 35.1 Å². The summed E-state index contributed by atoms with van der Waals surface area (Å²) in [5, 5.41) is 12.6. The third-order valence-corrected chi connectivity index (χ3v) is 7.37. The quantitative estimate of drug-likeness (QED) is 0.387. The molecule has 3 aromatic rings. The number of ketones is 1. The summed E-state index contributed by atoms with van der Waals surface area (Å²) in [6.45, 7) is 0. The predicted octanol–water partition coefficient (Wildman–Crippen LogP) is 5.84. The Hall–Kier alpha value is -3.45. The molecule has 0 aromatic heterocycles. The van der Waals surface area contributed by atoms with Crippen LogP contribution in [0, 0.1) is 11.2 Å². The van der Waals surface area contributed by atoms with E-state index in [4.69, 9.17) is 0 Å². The molecule has 7 heteroatoms. The van der Waals surface area contributed by atoms with Gasteiger partial charge in [-0.15, -0.1) is 0 Å². The lowest BCUT2D eigenvalue weighted by Crippen LogP contribution is -2.37. The molecule has 1 saturated heterocycles. The average Bonchev–Trinajstić information content (AvgIpc) is 2.86. The van der Waals surface area contributed by atoms with Crippen molar-refractivity contribution in [3.05, 3.63) is 89.7 Å². The maximum absolute atomic E-state index is 13.0. The highest BCUT2D eigenvalue weighted by Gasteiger charge is 2.41. The van der Waals surface area contributed by atoms with Gasteiger partial charge in [-0.3, -0.25) is 14.4 Å². The van der Waals surface area contributed by atoms with E-state index in [9.17, 15) is 23.9 Å². The molecule has 0 saturated carbocycles. The number of halogens is 1. The molecule has 0 unspecified atom stereocenters. The minimum atomic E-state index is -0.960. The van der Waals surface area contributed by atoms with Gasteiger partial charge in [-0.05, 0) is 65.3 Å². The normalized spacial score (nSPS) is 14.8. The third kappa shape index (κ3) is 6.17. The molecule has 2 N–H and O–H groups in total. The molecular formula is C28H26FNO4S. The molecule has 35 heavy (non-hydrogen) atoms. The van der Waals surface area contributed by atoms with Crippen molar-refractivity contribution in [1.82, 2.24) is 0 Å². The van der Waals surface area contributed by atoms with Crippen LogP contribution in [0.5, 0.6) is 0 Å². The average molecular weight is 492 g/mol. The fraction of sp³-hybridized carbons (Fsp3) is 0.250. The van der Waals surface area contributed by atoms with Crippen LogP contribution in [0.4, 0.5) is 10.1 Å². The van der Waals surface area contributed by atoms with Crippen LogP contribution in [-0.2, 0) is 16.0 Å². The van der Waals surface area contributed by atoms with Crippen molar-refractivity contribution in [3.63, 3.8) is 0 Å². The van der Waals surface area contributed by atoms with Crippen LogP contribution in [0.3, 0.4) is 0 Å². The molecule has 0 spiro atoms. The lowest BCUT2D eigenvalue weighted by atomic mass is 9.76. The molecule has 1 amide bonds. The topological polar surface area (TPSA) is 83.5 Å².